The summed E-state index contributed by atoms with van der Waals surface area (Å²) < 4.78 is 0. The summed E-state index contributed by atoms with van der Waals surface area (Å²) >= 11 is 1.75. The number of likely N-dealkylation sites (N-methyl/N-ethyl adjacent to an activating group) is 1. The lowest BCUT2D eigenvalue weighted by Crippen LogP contribution is -2.38. The van der Waals surface area contributed by atoms with Gasteiger partial charge >= 0.3 is 0 Å². The van der Waals surface area contributed by atoms with Crippen molar-refractivity contribution in [1.29, 1.82) is 0 Å². The number of aryl methyl sites for hydroxylation is 1. The molecule has 0 fully saturated rings. The maximum atomic E-state index is 6.39. The lowest BCUT2D eigenvalue weighted by atomic mass is 9.95. The van der Waals surface area contributed by atoms with Crippen LogP contribution in [0.2, 0.25) is 0 Å². The van der Waals surface area contributed by atoms with Gasteiger partial charge in [-0.3, -0.25) is 4.90 Å². The van der Waals surface area contributed by atoms with Gasteiger partial charge in [0.15, 0.2) is 0 Å². The van der Waals surface area contributed by atoms with Gasteiger partial charge in [0, 0.05) is 18.6 Å². The van der Waals surface area contributed by atoms with Gasteiger partial charge in [0.2, 0.25) is 0 Å². The number of rotatable bonds is 6. The number of benzene rings is 1. The number of nitrogens with two attached hydrogens (primary N) is 1. The molecular formula is C17H24N2S. The summed E-state index contributed by atoms with van der Waals surface area (Å²) in [5, 5.41) is 4.34. The first-order valence-corrected chi connectivity index (χ1v) is 8.09. The van der Waals surface area contributed by atoms with Gasteiger partial charge < -0.3 is 5.73 Å². The number of nitrogens with zero attached hydrogens (tertiary/aromatic N) is 1. The molecule has 0 aliphatic rings. The van der Waals surface area contributed by atoms with Gasteiger partial charge in [-0.25, -0.2) is 0 Å². The van der Waals surface area contributed by atoms with Crippen LogP contribution in [0.5, 0.6) is 0 Å². The molecule has 2 N–H and O–H groups in total. The van der Waals surface area contributed by atoms with E-state index >= 15 is 0 Å². The normalized spacial score (nSPS) is 14.4. The minimum Gasteiger partial charge on any atom is -0.326 e. The van der Waals surface area contributed by atoms with Crippen LogP contribution in [0.4, 0.5) is 0 Å². The second-order valence-electron chi connectivity index (χ2n) is 5.48. The summed E-state index contributed by atoms with van der Waals surface area (Å²) in [4.78, 5) is 2.37. The Balaban J connectivity index is 2.23. The molecule has 20 heavy (non-hydrogen) atoms. The number of hydrogen-bond acceptors (Lipinski definition) is 3. The van der Waals surface area contributed by atoms with E-state index in [0.29, 0.717) is 0 Å². The van der Waals surface area contributed by atoms with Gasteiger partial charge in [-0.05, 0) is 48.3 Å². The van der Waals surface area contributed by atoms with Gasteiger partial charge in [0.1, 0.15) is 0 Å². The second-order valence-corrected chi connectivity index (χ2v) is 6.26. The minimum absolute atomic E-state index is 0.153. The first kappa shape index (κ1) is 15.2. The van der Waals surface area contributed by atoms with Crippen molar-refractivity contribution < 1.29 is 0 Å². The van der Waals surface area contributed by atoms with Gasteiger partial charge in [0.05, 0.1) is 0 Å². The lowest BCUT2D eigenvalue weighted by molar-refractivity contribution is 0.202. The molecule has 0 radical (unpaired) electrons. The summed E-state index contributed by atoms with van der Waals surface area (Å²) in [5.74, 6) is 0. The Morgan fingerprint density at radius 3 is 2.70 bits per heavy atom. The van der Waals surface area contributed by atoms with Crippen molar-refractivity contribution in [3.8, 4) is 0 Å². The summed E-state index contributed by atoms with van der Waals surface area (Å²) in [7, 11) is 2.17. The van der Waals surface area contributed by atoms with Crippen molar-refractivity contribution in [3.63, 3.8) is 0 Å². The molecule has 1 aromatic carbocycles. The first-order chi connectivity index (χ1) is 9.61. The highest BCUT2D eigenvalue weighted by Crippen LogP contribution is 2.26. The van der Waals surface area contributed by atoms with E-state index < -0.39 is 0 Å². The SMILES string of the molecule is CCC(N)C(c1cccc(C)c1)N(C)Cc1ccsc1. The minimum atomic E-state index is 0.153. The molecule has 0 saturated carbocycles. The molecule has 0 aliphatic carbocycles. The van der Waals surface area contributed by atoms with Crippen LogP contribution in [0.25, 0.3) is 0 Å². The maximum absolute atomic E-state index is 6.39. The van der Waals surface area contributed by atoms with Crippen molar-refractivity contribution in [2.75, 3.05) is 7.05 Å². The van der Waals surface area contributed by atoms with E-state index in [9.17, 15) is 0 Å². The van der Waals surface area contributed by atoms with Crippen LogP contribution < -0.4 is 5.73 Å². The highest BCUT2D eigenvalue weighted by molar-refractivity contribution is 7.07. The van der Waals surface area contributed by atoms with E-state index in [1.165, 1.54) is 16.7 Å². The zero-order valence-electron chi connectivity index (χ0n) is 12.5. The van der Waals surface area contributed by atoms with Crippen molar-refractivity contribution in [2.45, 2.75) is 38.9 Å². The standard InChI is InChI=1S/C17H24N2S/c1-4-16(18)17(15-7-5-6-13(2)10-15)19(3)11-14-8-9-20-12-14/h5-10,12,16-17H,4,11,18H2,1-3H3. The van der Waals surface area contributed by atoms with E-state index in [1.54, 1.807) is 11.3 Å². The highest BCUT2D eigenvalue weighted by atomic mass is 32.1. The van der Waals surface area contributed by atoms with E-state index in [-0.39, 0.29) is 12.1 Å². The molecule has 2 aromatic rings. The average molecular weight is 288 g/mol. The first-order valence-electron chi connectivity index (χ1n) is 7.15. The Morgan fingerprint density at radius 2 is 2.10 bits per heavy atom. The molecule has 3 heteroatoms. The molecule has 2 nitrogen and oxygen atoms in total. The molecule has 0 spiro atoms. The molecular weight excluding hydrogens is 264 g/mol. The molecule has 0 bridgehead atoms. The van der Waals surface area contributed by atoms with Crippen LogP contribution in [0, 0.1) is 6.92 Å². The van der Waals surface area contributed by atoms with Crippen LogP contribution in [0.15, 0.2) is 41.1 Å². The Labute approximate surface area is 126 Å². The molecule has 1 heterocycles. The fourth-order valence-electron chi connectivity index (χ4n) is 2.67. The zero-order valence-corrected chi connectivity index (χ0v) is 13.4. The highest BCUT2D eigenvalue weighted by Gasteiger charge is 2.23. The topological polar surface area (TPSA) is 29.3 Å². The van der Waals surface area contributed by atoms with Crippen LogP contribution in [-0.2, 0) is 6.54 Å². The van der Waals surface area contributed by atoms with Gasteiger partial charge in [-0.2, -0.15) is 11.3 Å². The van der Waals surface area contributed by atoms with Crippen molar-refractivity contribution in [2.24, 2.45) is 5.73 Å². The maximum Gasteiger partial charge on any atom is 0.0499 e. The van der Waals surface area contributed by atoms with E-state index in [2.05, 4.69) is 66.9 Å². The van der Waals surface area contributed by atoms with Crippen molar-refractivity contribution in [3.05, 3.63) is 57.8 Å². The van der Waals surface area contributed by atoms with Crippen molar-refractivity contribution in [1.82, 2.24) is 4.90 Å². The van der Waals surface area contributed by atoms with Crippen LogP contribution in [0.1, 0.15) is 36.1 Å². The van der Waals surface area contributed by atoms with Crippen LogP contribution in [0.3, 0.4) is 0 Å². The largest absolute Gasteiger partial charge is 0.326 e. The predicted molar refractivity (Wildman–Crippen MR) is 88.0 cm³/mol. The number of thiophene rings is 1. The van der Waals surface area contributed by atoms with Gasteiger partial charge in [0.25, 0.3) is 0 Å². The summed E-state index contributed by atoms with van der Waals surface area (Å²) in [6.45, 7) is 5.23. The third-order valence-electron chi connectivity index (χ3n) is 3.75. The molecule has 1 aromatic heterocycles. The monoisotopic (exact) mass is 288 g/mol. The molecule has 108 valence electrons. The molecule has 0 aliphatic heterocycles. The Bertz CT molecular complexity index is 522. The average Bonchev–Trinajstić information content (AvgIpc) is 2.91. The van der Waals surface area contributed by atoms with E-state index in [1.807, 2.05) is 0 Å². The second kappa shape index (κ2) is 7.02. The fraction of sp³-hybridized carbons (Fsp3) is 0.412. The Kier molecular flexibility index (Phi) is 5.35. The summed E-state index contributed by atoms with van der Waals surface area (Å²) in [5.41, 5.74) is 10.4. The zero-order chi connectivity index (χ0) is 14.5. The molecule has 2 unspecified atom stereocenters. The van der Waals surface area contributed by atoms with E-state index in [0.717, 1.165) is 13.0 Å². The van der Waals surface area contributed by atoms with Gasteiger partial charge in [-0.15, -0.1) is 0 Å². The summed E-state index contributed by atoms with van der Waals surface area (Å²) in [6.07, 6.45) is 0.979. The molecule has 0 amide bonds. The van der Waals surface area contributed by atoms with Crippen LogP contribution in [-0.4, -0.2) is 18.0 Å². The van der Waals surface area contributed by atoms with Gasteiger partial charge in [-0.1, -0.05) is 36.8 Å². The van der Waals surface area contributed by atoms with Crippen molar-refractivity contribution >= 4 is 11.3 Å². The Morgan fingerprint density at radius 1 is 1.30 bits per heavy atom. The number of hydrogen-bond donors (Lipinski definition) is 1. The predicted octanol–water partition coefficient (Wildman–Crippen LogP) is 3.97. The smallest absolute Gasteiger partial charge is 0.0499 e. The third kappa shape index (κ3) is 3.69. The molecule has 2 atom stereocenters. The van der Waals surface area contributed by atoms with E-state index in [4.69, 9.17) is 5.73 Å². The molecule has 2 rings (SSSR count). The molecule has 0 saturated heterocycles. The quantitative estimate of drug-likeness (QED) is 0.871. The fourth-order valence-corrected chi connectivity index (χ4v) is 3.33. The van der Waals surface area contributed by atoms with Crippen LogP contribution >= 0.6 is 11.3 Å². The third-order valence-corrected chi connectivity index (χ3v) is 4.48. The lowest BCUT2D eigenvalue weighted by Gasteiger charge is -2.33. The Hall–Kier alpha value is -1.16. The summed E-state index contributed by atoms with van der Waals surface area (Å²) in [6, 6.07) is 11.3.